The van der Waals surface area contributed by atoms with E-state index in [9.17, 15) is 0 Å². The third-order valence-corrected chi connectivity index (χ3v) is 1.88. The minimum absolute atomic E-state index is 0.0402. The summed E-state index contributed by atoms with van der Waals surface area (Å²) >= 11 is 6.02. The van der Waals surface area contributed by atoms with Crippen LogP contribution in [0.15, 0.2) is 11.6 Å². The lowest BCUT2D eigenvalue weighted by molar-refractivity contribution is 0.590. The fourth-order valence-electron chi connectivity index (χ4n) is 0.890. The van der Waals surface area contributed by atoms with Crippen LogP contribution in [0.1, 0.15) is 40.0 Å². The van der Waals surface area contributed by atoms with E-state index in [-0.39, 0.29) is 4.87 Å². The average Bonchev–Trinajstić information content (AvgIpc) is 1.85. The molecule has 65 valence electrons. The summed E-state index contributed by atoms with van der Waals surface area (Å²) in [5.41, 5.74) is 1.35. The van der Waals surface area contributed by atoms with E-state index in [1.165, 1.54) is 5.57 Å². The van der Waals surface area contributed by atoms with E-state index >= 15 is 0 Å². The van der Waals surface area contributed by atoms with Crippen molar-refractivity contribution >= 4 is 11.6 Å². The Morgan fingerprint density at radius 3 is 2.45 bits per heavy atom. The van der Waals surface area contributed by atoms with Crippen LogP contribution in [0.25, 0.3) is 0 Å². The van der Waals surface area contributed by atoms with Crippen LogP contribution < -0.4 is 0 Å². The number of halogens is 1. The van der Waals surface area contributed by atoms with Crippen molar-refractivity contribution < 1.29 is 0 Å². The number of alkyl halides is 1. The van der Waals surface area contributed by atoms with Crippen LogP contribution in [0.2, 0.25) is 0 Å². The Kier molecular flexibility index (Phi) is 4.83. The van der Waals surface area contributed by atoms with Gasteiger partial charge in [0.1, 0.15) is 0 Å². The fraction of sp³-hybridized carbons (Fsp3) is 0.700. The van der Waals surface area contributed by atoms with E-state index < -0.39 is 0 Å². The molecule has 0 bridgehead atoms. The highest BCUT2D eigenvalue weighted by Crippen LogP contribution is 2.21. The largest absolute Gasteiger partial charge is 0.120 e. The van der Waals surface area contributed by atoms with Crippen molar-refractivity contribution in [3.8, 4) is 0 Å². The van der Waals surface area contributed by atoms with Gasteiger partial charge in [0.2, 0.25) is 0 Å². The molecule has 11 heavy (non-hydrogen) atoms. The molecule has 0 unspecified atom stereocenters. The van der Waals surface area contributed by atoms with Gasteiger partial charge in [0.15, 0.2) is 0 Å². The summed E-state index contributed by atoms with van der Waals surface area (Å²) in [4.78, 5) is -0.0402. The van der Waals surface area contributed by atoms with Crippen LogP contribution in [0.5, 0.6) is 0 Å². The first-order valence-corrected chi connectivity index (χ1v) is 4.47. The van der Waals surface area contributed by atoms with Crippen molar-refractivity contribution in [1.29, 1.82) is 0 Å². The van der Waals surface area contributed by atoms with Crippen LogP contribution in [0.3, 0.4) is 0 Å². The van der Waals surface area contributed by atoms with Gasteiger partial charge in [0.25, 0.3) is 0 Å². The van der Waals surface area contributed by atoms with Gasteiger partial charge in [0, 0.05) is 4.87 Å². The Morgan fingerprint density at radius 2 is 2.09 bits per heavy atom. The molecule has 0 heterocycles. The van der Waals surface area contributed by atoms with Crippen molar-refractivity contribution in [1.82, 2.24) is 0 Å². The zero-order chi connectivity index (χ0) is 8.91. The minimum atomic E-state index is -0.0402. The quantitative estimate of drug-likeness (QED) is 0.565. The zero-order valence-corrected chi connectivity index (χ0v) is 8.54. The average molecular weight is 174 g/mol. The zero-order valence-electron chi connectivity index (χ0n) is 7.78. The summed E-state index contributed by atoms with van der Waals surface area (Å²) in [5, 5.41) is 0. The van der Waals surface area contributed by atoms with E-state index in [0.717, 1.165) is 19.3 Å². The molecule has 1 radical (unpaired) electrons. The lowest BCUT2D eigenvalue weighted by atomic mass is 10.0. The highest BCUT2D eigenvalue weighted by Gasteiger charge is 2.11. The second-order valence-electron chi connectivity index (χ2n) is 3.62. The van der Waals surface area contributed by atoms with Crippen molar-refractivity contribution in [2.24, 2.45) is 0 Å². The third-order valence-electron chi connectivity index (χ3n) is 1.69. The SMILES string of the molecule is [CH2]/C=C(\C)CCCC(C)(C)Cl. The third kappa shape index (κ3) is 7.93. The molecule has 0 aliphatic rings. The van der Waals surface area contributed by atoms with Gasteiger partial charge in [-0.15, -0.1) is 11.6 Å². The molecular weight excluding hydrogens is 156 g/mol. The summed E-state index contributed by atoms with van der Waals surface area (Å²) in [5.74, 6) is 0. The molecule has 0 saturated heterocycles. The van der Waals surface area contributed by atoms with Crippen molar-refractivity contribution in [2.75, 3.05) is 0 Å². The van der Waals surface area contributed by atoms with Gasteiger partial charge in [-0.2, -0.15) is 0 Å². The highest BCUT2D eigenvalue weighted by atomic mass is 35.5. The molecule has 0 atom stereocenters. The van der Waals surface area contributed by atoms with E-state index in [1.54, 1.807) is 0 Å². The van der Waals surface area contributed by atoms with Gasteiger partial charge in [-0.3, -0.25) is 0 Å². The summed E-state index contributed by atoms with van der Waals surface area (Å²) in [6, 6.07) is 0. The molecule has 1 heteroatoms. The lowest BCUT2D eigenvalue weighted by Crippen LogP contribution is -2.08. The Bertz CT molecular complexity index is 128. The summed E-state index contributed by atoms with van der Waals surface area (Å²) in [6.07, 6.45) is 5.27. The maximum absolute atomic E-state index is 6.02. The van der Waals surface area contributed by atoms with Crippen molar-refractivity contribution in [3.05, 3.63) is 18.6 Å². The van der Waals surface area contributed by atoms with Gasteiger partial charge >= 0.3 is 0 Å². The van der Waals surface area contributed by atoms with Gasteiger partial charge in [0.05, 0.1) is 0 Å². The highest BCUT2D eigenvalue weighted by molar-refractivity contribution is 6.23. The first-order valence-electron chi connectivity index (χ1n) is 4.09. The summed E-state index contributed by atoms with van der Waals surface area (Å²) in [7, 11) is 0. The smallest absolute Gasteiger partial charge is 0.0390 e. The summed E-state index contributed by atoms with van der Waals surface area (Å²) in [6.45, 7) is 9.92. The van der Waals surface area contributed by atoms with Gasteiger partial charge in [-0.25, -0.2) is 0 Å². The van der Waals surface area contributed by atoms with Crippen molar-refractivity contribution in [2.45, 2.75) is 44.9 Å². The Morgan fingerprint density at radius 1 is 1.55 bits per heavy atom. The van der Waals surface area contributed by atoms with E-state index in [0.29, 0.717) is 0 Å². The van der Waals surface area contributed by atoms with Crippen LogP contribution >= 0.6 is 11.6 Å². The van der Waals surface area contributed by atoms with E-state index in [2.05, 4.69) is 27.7 Å². The molecule has 0 N–H and O–H groups in total. The number of rotatable bonds is 4. The first-order chi connectivity index (χ1) is 4.95. The number of hydrogen-bond acceptors (Lipinski definition) is 0. The summed E-state index contributed by atoms with van der Waals surface area (Å²) < 4.78 is 0. The fourth-order valence-corrected chi connectivity index (χ4v) is 1.02. The topological polar surface area (TPSA) is 0 Å². The molecular formula is C10H18Cl. The molecule has 0 aromatic heterocycles. The van der Waals surface area contributed by atoms with Crippen LogP contribution in [-0.4, -0.2) is 4.87 Å². The second-order valence-corrected chi connectivity index (χ2v) is 4.65. The molecule has 0 fully saturated rings. The van der Waals surface area contributed by atoms with Crippen molar-refractivity contribution in [3.63, 3.8) is 0 Å². The molecule has 0 aromatic rings. The van der Waals surface area contributed by atoms with Gasteiger partial charge in [-0.1, -0.05) is 11.6 Å². The molecule has 0 aliphatic carbocycles. The van der Waals surface area contributed by atoms with Gasteiger partial charge < -0.3 is 0 Å². The van der Waals surface area contributed by atoms with Gasteiger partial charge in [-0.05, 0) is 47.0 Å². The normalized spacial score (nSPS) is 13.7. The Hall–Kier alpha value is 0.0300. The van der Waals surface area contributed by atoms with E-state index in [4.69, 9.17) is 11.6 Å². The maximum atomic E-state index is 6.02. The van der Waals surface area contributed by atoms with Crippen LogP contribution in [0, 0.1) is 6.92 Å². The van der Waals surface area contributed by atoms with Crippen LogP contribution in [0.4, 0.5) is 0 Å². The minimum Gasteiger partial charge on any atom is -0.120 e. The standard InChI is InChI=1S/C10H18Cl/c1-5-9(2)7-6-8-10(3,4)11/h5H,1,6-8H2,2-4H3/b9-5+. The van der Waals surface area contributed by atoms with E-state index in [1.807, 2.05) is 6.08 Å². The lowest BCUT2D eigenvalue weighted by Gasteiger charge is -2.14. The molecule has 0 nitrogen and oxygen atoms in total. The molecule has 0 amide bonds. The second kappa shape index (κ2) is 4.82. The number of hydrogen-bond donors (Lipinski definition) is 0. The molecule has 0 rings (SSSR count). The maximum Gasteiger partial charge on any atom is 0.0390 e. The monoisotopic (exact) mass is 173 g/mol. The predicted molar refractivity (Wildman–Crippen MR) is 52.9 cm³/mol. The molecule has 0 saturated carbocycles. The Balaban J connectivity index is 3.43. The molecule has 0 aliphatic heterocycles. The first kappa shape index (κ1) is 11.0. The predicted octanol–water partition coefficient (Wildman–Crippen LogP) is 3.95. The Labute approximate surface area is 75.6 Å². The van der Waals surface area contributed by atoms with Crippen LogP contribution in [-0.2, 0) is 0 Å². The number of allylic oxidation sites excluding steroid dienone is 2. The molecule has 0 spiro atoms. The molecule has 0 aromatic carbocycles.